The maximum absolute atomic E-state index is 12.3. The summed E-state index contributed by atoms with van der Waals surface area (Å²) in [6.45, 7) is 5.92. The number of aliphatic carboxylic acids is 1. The minimum Gasteiger partial charge on any atom is -0.488 e. The van der Waals surface area contributed by atoms with Gasteiger partial charge in [-0.15, -0.1) is 0 Å². The van der Waals surface area contributed by atoms with Crippen molar-refractivity contribution in [2.75, 3.05) is 0 Å². The molecule has 0 bridgehead atoms. The zero-order valence-electron chi connectivity index (χ0n) is 14.0. The molecule has 2 rings (SSSR count). The molecule has 0 saturated heterocycles. The topological polar surface area (TPSA) is 75.6 Å². The summed E-state index contributed by atoms with van der Waals surface area (Å²) in [5.74, 6) is -0.386. The predicted octanol–water partition coefficient (Wildman–Crippen LogP) is 3.24. The molecule has 0 atom stereocenters. The van der Waals surface area contributed by atoms with Gasteiger partial charge in [0.1, 0.15) is 11.4 Å². The van der Waals surface area contributed by atoms with E-state index in [0.29, 0.717) is 31.2 Å². The first kappa shape index (κ1) is 17.3. The number of carbonyl (C=O) groups is 2. The van der Waals surface area contributed by atoms with Gasteiger partial charge in [-0.2, -0.15) is 0 Å². The van der Waals surface area contributed by atoms with Gasteiger partial charge in [0.05, 0.1) is 5.92 Å². The van der Waals surface area contributed by atoms with Crippen molar-refractivity contribution in [3.8, 4) is 5.75 Å². The highest BCUT2D eigenvalue weighted by molar-refractivity contribution is 5.94. The van der Waals surface area contributed by atoms with Gasteiger partial charge < -0.3 is 15.2 Å². The number of rotatable bonds is 4. The van der Waals surface area contributed by atoms with Crippen LogP contribution < -0.4 is 10.1 Å². The number of carboxylic acids is 1. The summed E-state index contributed by atoms with van der Waals surface area (Å²) in [4.78, 5) is 23.2. The fraction of sp³-hybridized carbons (Fsp3) is 0.556. The molecule has 5 nitrogen and oxygen atoms in total. The second-order valence-corrected chi connectivity index (χ2v) is 7.10. The van der Waals surface area contributed by atoms with Gasteiger partial charge in [0.15, 0.2) is 0 Å². The van der Waals surface area contributed by atoms with Crippen molar-refractivity contribution in [1.82, 2.24) is 5.32 Å². The molecule has 0 aliphatic heterocycles. The van der Waals surface area contributed by atoms with Crippen LogP contribution >= 0.6 is 0 Å². The molecule has 2 N–H and O–H groups in total. The average Bonchev–Trinajstić information content (AvgIpc) is 2.46. The Balaban J connectivity index is 1.88. The summed E-state index contributed by atoms with van der Waals surface area (Å²) in [7, 11) is 0. The van der Waals surface area contributed by atoms with Crippen molar-refractivity contribution in [2.45, 2.75) is 58.1 Å². The van der Waals surface area contributed by atoms with E-state index < -0.39 is 5.97 Å². The number of amides is 1. The van der Waals surface area contributed by atoms with E-state index in [9.17, 15) is 9.59 Å². The fourth-order valence-electron chi connectivity index (χ4n) is 2.78. The van der Waals surface area contributed by atoms with E-state index in [-0.39, 0.29) is 23.5 Å². The van der Waals surface area contributed by atoms with E-state index >= 15 is 0 Å². The van der Waals surface area contributed by atoms with Gasteiger partial charge in [-0.25, -0.2) is 0 Å². The second kappa shape index (κ2) is 7.02. The van der Waals surface area contributed by atoms with Gasteiger partial charge in [0, 0.05) is 11.6 Å². The van der Waals surface area contributed by atoms with E-state index in [2.05, 4.69) is 5.32 Å². The average molecular weight is 319 g/mol. The van der Waals surface area contributed by atoms with E-state index in [1.54, 1.807) is 24.3 Å². The van der Waals surface area contributed by atoms with Gasteiger partial charge in [0.2, 0.25) is 0 Å². The molecule has 0 heterocycles. The molecule has 1 aliphatic carbocycles. The summed E-state index contributed by atoms with van der Waals surface area (Å²) in [6, 6.07) is 7.14. The maximum atomic E-state index is 12.3. The quantitative estimate of drug-likeness (QED) is 0.893. The number of ether oxygens (including phenoxy) is 1. The zero-order chi connectivity index (χ0) is 17.0. The molecule has 5 heteroatoms. The summed E-state index contributed by atoms with van der Waals surface area (Å²) in [5, 5.41) is 12.0. The Labute approximate surface area is 137 Å². The van der Waals surface area contributed by atoms with Crippen LogP contribution in [0.5, 0.6) is 5.75 Å². The lowest BCUT2D eigenvalue weighted by molar-refractivity contribution is -0.142. The van der Waals surface area contributed by atoms with Gasteiger partial charge in [-0.3, -0.25) is 9.59 Å². The highest BCUT2D eigenvalue weighted by Crippen LogP contribution is 2.25. The first-order valence-electron chi connectivity index (χ1n) is 8.07. The molecule has 0 unspecified atom stereocenters. The minimum atomic E-state index is -0.732. The first-order valence-corrected chi connectivity index (χ1v) is 8.07. The third kappa shape index (κ3) is 5.27. The molecule has 0 spiro atoms. The van der Waals surface area contributed by atoms with Crippen molar-refractivity contribution in [2.24, 2.45) is 5.92 Å². The molecule has 126 valence electrons. The molecular formula is C18H25NO4. The Hall–Kier alpha value is -2.04. The Morgan fingerprint density at radius 2 is 1.65 bits per heavy atom. The van der Waals surface area contributed by atoms with Crippen LogP contribution in [0, 0.1) is 5.92 Å². The lowest BCUT2D eigenvalue weighted by Crippen LogP contribution is -2.38. The van der Waals surface area contributed by atoms with Crippen molar-refractivity contribution in [3.05, 3.63) is 29.8 Å². The van der Waals surface area contributed by atoms with Crippen LogP contribution in [0.4, 0.5) is 0 Å². The Bertz CT molecular complexity index is 551. The molecule has 1 aromatic rings. The van der Waals surface area contributed by atoms with E-state index in [1.807, 2.05) is 20.8 Å². The molecule has 23 heavy (non-hydrogen) atoms. The highest BCUT2D eigenvalue weighted by Gasteiger charge is 2.26. The van der Waals surface area contributed by atoms with Crippen LogP contribution in [0.25, 0.3) is 0 Å². The van der Waals surface area contributed by atoms with Crippen molar-refractivity contribution in [3.63, 3.8) is 0 Å². The van der Waals surface area contributed by atoms with E-state index in [1.165, 1.54) is 0 Å². The smallest absolute Gasteiger partial charge is 0.306 e. The van der Waals surface area contributed by atoms with Crippen molar-refractivity contribution in [1.29, 1.82) is 0 Å². The van der Waals surface area contributed by atoms with E-state index in [0.717, 1.165) is 5.75 Å². The van der Waals surface area contributed by atoms with Crippen LogP contribution in [0.3, 0.4) is 0 Å². The van der Waals surface area contributed by atoms with Gasteiger partial charge in [-0.05, 0) is 70.7 Å². The number of benzene rings is 1. The summed E-state index contributed by atoms with van der Waals surface area (Å²) >= 11 is 0. The SMILES string of the molecule is CC(C)(C)Oc1ccc(C(=O)NC2CCC(C(=O)O)CC2)cc1. The summed E-state index contributed by atoms with van der Waals surface area (Å²) in [5.41, 5.74) is 0.318. The molecular weight excluding hydrogens is 294 g/mol. The zero-order valence-corrected chi connectivity index (χ0v) is 14.0. The molecule has 1 aliphatic rings. The van der Waals surface area contributed by atoms with Crippen molar-refractivity contribution >= 4 is 11.9 Å². The molecule has 1 saturated carbocycles. The normalized spacial score (nSPS) is 21.5. The largest absolute Gasteiger partial charge is 0.488 e. The molecule has 0 radical (unpaired) electrons. The minimum absolute atomic E-state index is 0.0589. The molecule has 1 aromatic carbocycles. The predicted molar refractivity (Wildman–Crippen MR) is 87.7 cm³/mol. The Morgan fingerprint density at radius 1 is 1.09 bits per heavy atom. The maximum Gasteiger partial charge on any atom is 0.306 e. The van der Waals surface area contributed by atoms with Crippen LogP contribution in [0.15, 0.2) is 24.3 Å². The molecule has 1 fully saturated rings. The van der Waals surface area contributed by atoms with Crippen LogP contribution in [-0.2, 0) is 4.79 Å². The second-order valence-electron chi connectivity index (χ2n) is 7.10. The molecule has 1 amide bonds. The van der Waals surface area contributed by atoms with Crippen LogP contribution in [0.2, 0.25) is 0 Å². The number of hydrogen-bond donors (Lipinski definition) is 2. The third-order valence-corrected chi connectivity index (χ3v) is 3.95. The Morgan fingerprint density at radius 3 is 2.13 bits per heavy atom. The van der Waals surface area contributed by atoms with Gasteiger partial charge in [0.25, 0.3) is 5.91 Å². The highest BCUT2D eigenvalue weighted by atomic mass is 16.5. The number of carboxylic acid groups (broad SMARTS) is 1. The summed E-state index contributed by atoms with van der Waals surface area (Å²) < 4.78 is 5.73. The monoisotopic (exact) mass is 319 g/mol. The number of nitrogens with one attached hydrogen (secondary N) is 1. The third-order valence-electron chi connectivity index (χ3n) is 3.95. The van der Waals surface area contributed by atoms with E-state index in [4.69, 9.17) is 9.84 Å². The summed E-state index contributed by atoms with van der Waals surface area (Å²) in [6.07, 6.45) is 2.68. The lowest BCUT2D eigenvalue weighted by Gasteiger charge is -2.26. The Kier molecular flexibility index (Phi) is 5.29. The van der Waals surface area contributed by atoms with Crippen molar-refractivity contribution < 1.29 is 19.4 Å². The first-order chi connectivity index (χ1) is 10.7. The molecule has 0 aromatic heterocycles. The number of carbonyl (C=O) groups excluding carboxylic acids is 1. The fourth-order valence-corrected chi connectivity index (χ4v) is 2.78. The van der Waals surface area contributed by atoms with Crippen LogP contribution in [0.1, 0.15) is 56.8 Å². The van der Waals surface area contributed by atoms with Crippen LogP contribution in [-0.4, -0.2) is 28.6 Å². The number of hydrogen-bond acceptors (Lipinski definition) is 3. The van der Waals surface area contributed by atoms with Gasteiger partial charge >= 0.3 is 5.97 Å². The lowest BCUT2D eigenvalue weighted by atomic mass is 9.86. The standard InChI is InChI=1S/C18H25NO4/c1-18(2,3)23-15-10-6-12(7-11-15)16(20)19-14-8-4-13(5-9-14)17(21)22/h6-7,10-11,13-14H,4-5,8-9H2,1-3H3,(H,19,20)(H,21,22). The van der Waals surface area contributed by atoms with Gasteiger partial charge in [-0.1, -0.05) is 0 Å².